The standard InChI is InChI=1S/C24H32N2O6S/c1-30-21-15-19(16-22(31-2)24(21)32-3)9-12-23(27)25-17-18-7-10-20(11-8-18)33(28,29)26-13-5-4-6-14-26/h7-8,10-11,15-16H,4-6,9,12-14,17H2,1-3H3,(H,25,27). The molecule has 0 saturated carbocycles. The number of rotatable bonds is 10. The molecule has 2 aromatic rings. The molecule has 1 aliphatic heterocycles. The fourth-order valence-electron chi connectivity index (χ4n) is 3.86. The third kappa shape index (κ3) is 6.17. The number of carbonyl (C=O) groups is 1. The zero-order valence-electron chi connectivity index (χ0n) is 19.4. The van der Waals surface area contributed by atoms with Crippen molar-refractivity contribution in [2.24, 2.45) is 0 Å². The first kappa shape index (κ1) is 24.9. The summed E-state index contributed by atoms with van der Waals surface area (Å²) >= 11 is 0. The molecule has 0 bridgehead atoms. The van der Waals surface area contributed by atoms with Gasteiger partial charge in [-0.05, 0) is 54.7 Å². The summed E-state index contributed by atoms with van der Waals surface area (Å²) in [7, 11) is 1.20. The van der Waals surface area contributed by atoms with Crippen molar-refractivity contribution in [1.29, 1.82) is 0 Å². The zero-order valence-corrected chi connectivity index (χ0v) is 20.2. The van der Waals surface area contributed by atoms with E-state index in [1.54, 1.807) is 49.9 Å². The van der Waals surface area contributed by atoms with Crippen LogP contribution in [0.1, 0.15) is 36.8 Å². The van der Waals surface area contributed by atoms with E-state index in [-0.39, 0.29) is 5.91 Å². The van der Waals surface area contributed by atoms with Crippen molar-refractivity contribution in [3.05, 3.63) is 47.5 Å². The van der Waals surface area contributed by atoms with Crippen LogP contribution in [0.4, 0.5) is 0 Å². The van der Waals surface area contributed by atoms with E-state index in [0.717, 1.165) is 30.4 Å². The number of nitrogens with one attached hydrogen (secondary N) is 1. The van der Waals surface area contributed by atoms with Crippen LogP contribution in [0.25, 0.3) is 0 Å². The first-order chi connectivity index (χ1) is 15.9. The highest BCUT2D eigenvalue weighted by atomic mass is 32.2. The highest BCUT2D eigenvalue weighted by Gasteiger charge is 2.25. The predicted molar refractivity (Wildman–Crippen MR) is 125 cm³/mol. The maximum absolute atomic E-state index is 12.7. The number of piperidine rings is 1. The van der Waals surface area contributed by atoms with Crippen LogP contribution in [0.2, 0.25) is 0 Å². The van der Waals surface area contributed by atoms with E-state index >= 15 is 0 Å². The van der Waals surface area contributed by atoms with E-state index in [2.05, 4.69) is 5.32 Å². The van der Waals surface area contributed by atoms with Crippen molar-refractivity contribution in [3.8, 4) is 17.2 Å². The van der Waals surface area contributed by atoms with Gasteiger partial charge in [-0.25, -0.2) is 8.42 Å². The van der Waals surface area contributed by atoms with Crippen molar-refractivity contribution >= 4 is 15.9 Å². The summed E-state index contributed by atoms with van der Waals surface area (Å²) in [6.07, 6.45) is 3.68. The molecule has 1 heterocycles. The Hall–Kier alpha value is -2.78. The summed E-state index contributed by atoms with van der Waals surface area (Å²) in [5.41, 5.74) is 1.74. The van der Waals surface area contributed by atoms with E-state index in [1.807, 2.05) is 12.1 Å². The Bertz CT molecular complexity index is 1020. The smallest absolute Gasteiger partial charge is 0.243 e. The number of sulfonamides is 1. The number of methoxy groups -OCH3 is 3. The van der Waals surface area contributed by atoms with Crippen LogP contribution in [0.3, 0.4) is 0 Å². The SMILES string of the molecule is COc1cc(CCC(=O)NCc2ccc(S(=O)(=O)N3CCCCC3)cc2)cc(OC)c1OC. The molecular weight excluding hydrogens is 444 g/mol. The first-order valence-electron chi connectivity index (χ1n) is 11.0. The molecule has 0 spiro atoms. The number of ether oxygens (including phenoxy) is 3. The lowest BCUT2D eigenvalue weighted by Crippen LogP contribution is -2.35. The first-order valence-corrected chi connectivity index (χ1v) is 12.5. The Morgan fingerprint density at radius 2 is 1.52 bits per heavy atom. The minimum Gasteiger partial charge on any atom is -0.493 e. The second kappa shape index (κ2) is 11.4. The fraction of sp³-hybridized carbons (Fsp3) is 0.458. The van der Waals surface area contributed by atoms with Gasteiger partial charge in [-0.2, -0.15) is 4.31 Å². The van der Waals surface area contributed by atoms with Gasteiger partial charge in [0.05, 0.1) is 26.2 Å². The van der Waals surface area contributed by atoms with Gasteiger partial charge in [0, 0.05) is 26.1 Å². The molecule has 9 heteroatoms. The summed E-state index contributed by atoms with van der Waals surface area (Å²) in [4.78, 5) is 12.6. The second-order valence-electron chi connectivity index (χ2n) is 7.92. The van der Waals surface area contributed by atoms with Crippen molar-refractivity contribution in [1.82, 2.24) is 9.62 Å². The minimum atomic E-state index is -3.45. The number of amides is 1. The second-order valence-corrected chi connectivity index (χ2v) is 9.86. The average molecular weight is 477 g/mol. The molecule has 0 atom stereocenters. The van der Waals surface area contributed by atoms with Gasteiger partial charge < -0.3 is 19.5 Å². The molecule has 180 valence electrons. The number of hydrogen-bond donors (Lipinski definition) is 1. The van der Waals surface area contributed by atoms with E-state index in [0.29, 0.717) is 54.6 Å². The highest BCUT2D eigenvalue weighted by molar-refractivity contribution is 7.89. The normalized spacial score (nSPS) is 14.5. The lowest BCUT2D eigenvalue weighted by Gasteiger charge is -2.25. The summed E-state index contributed by atoms with van der Waals surface area (Å²) in [5.74, 6) is 1.51. The lowest BCUT2D eigenvalue weighted by atomic mass is 10.1. The number of aryl methyl sites for hydroxylation is 1. The van der Waals surface area contributed by atoms with Crippen LogP contribution in [-0.2, 0) is 27.8 Å². The molecule has 1 N–H and O–H groups in total. The molecular formula is C24H32N2O6S. The third-order valence-electron chi connectivity index (χ3n) is 5.73. The van der Waals surface area contributed by atoms with Crippen LogP contribution >= 0.6 is 0 Å². The number of nitrogens with zero attached hydrogens (tertiary/aromatic N) is 1. The number of benzene rings is 2. The zero-order chi connectivity index (χ0) is 23.8. The van der Waals surface area contributed by atoms with Gasteiger partial charge in [-0.15, -0.1) is 0 Å². The van der Waals surface area contributed by atoms with Crippen molar-refractivity contribution < 1.29 is 27.4 Å². The molecule has 33 heavy (non-hydrogen) atoms. The van der Waals surface area contributed by atoms with Gasteiger partial charge in [0.2, 0.25) is 21.7 Å². The minimum absolute atomic E-state index is 0.103. The van der Waals surface area contributed by atoms with Crippen molar-refractivity contribution in [2.75, 3.05) is 34.4 Å². The molecule has 1 amide bonds. The summed E-state index contributed by atoms with van der Waals surface area (Å²) < 4.78 is 43.1. The molecule has 1 fully saturated rings. The van der Waals surface area contributed by atoms with Crippen LogP contribution < -0.4 is 19.5 Å². The van der Waals surface area contributed by atoms with Crippen LogP contribution in [0, 0.1) is 0 Å². The van der Waals surface area contributed by atoms with E-state index in [1.165, 1.54) is 0 Å². The van der Waals surface area contributed by atoms with Gasteiger partial charge in [-0.3, -0.25) is 4.79 Å². The topological polar surface area (TPSA) is 94.2 Å². The van der Waals surface area contributed by atoms with Gasteiger partial charge >= 0.3 is 0 Å². The van der Waals surface area contributed by atoms with E-state index in [9.17, 15) is 13.2 Å². The van der Waals surface area contributed by atoms with E-state index < -0.39 is 10.0 Å². The molecule has 1 saturated heterocycles. The third-order valence-corrected chi connectivity index (χ3v) is 7.64. The predicted octanol–water partition coefficient (Wildman–Crippen LogP) is 3.14. The van der Waals surface area contributed by atoms with Gasteiger partial charge in [0.25, 0.3) is 0 Å². The summed E-state index contributed by atoms with van der Waals surface area (Å²) in [5, 5.41) is 2.88. The Morgan fingerprint density at radius 1 is 0.909 bits per heavy atom. The Morgan fingerprint density at radius 3 is 2.06 bits per heavy atom. The highest BCUT2D eigenvalue weighted by Crippen LogP contribution is 2.38. The molecule has 0 radical (unpaired) electrons. The summed E-state index contributed by atoms with van der Waals surface area (Å²) in [6.45, 7) is 1.48. The molecule has 8 nitrogen and oxygen atoms in total. The number of carbonyl (C=O) groups excluding carboxylic acids is 1. The van der Waals surface area contributed by atoms with E-state index in [4.69, 9.17) is 14.2 Å². The fourth-order valence-corrected chi connectivity index (χ4v) is 5.38. The Kier molecular flexibility index (Phi) is 8.57. The monoisotopic (exact) mass is 476 g/mol. The molecule has 0 aromatic heterocycles. The maximum atomic E-state index is 12.7. The molecule has 3 rings (SSSR count). The van der Waals surface area contributed by atoms with Gasteiger partial charge in [0.1, 0.15) is 0 Å². The number of hydrogen-bond acceptors (Lipinski definition) is 6. The Balaban J connectivity index is 1.54. The van der Waals surface area contributed by atoms with Crippen molar-refractivity contribution in [2.45, 2.75) is 43.5 Å². The van der Waals surface area contributed by atoms with Crippen LogP contribution in [-0.4, -0.2) is 53.0 Å². The molecule has 0 aliphatic carbocycles. The van der Waals surface area contributed by atoms with Crippen LogP contribution in [0.15, 0.2) is 41.3 Å². The molecule has 0 unspecified atom stereocenters. The van der Waals surface area contributed by atoms with Crippen molar-refractivity contribution in [3.63, 3.8) is 0 Å². The maximum Gasteiger partial charge on any atom is 0.243 e. The van der Waals surface area contributed by atoms with Gasteiger partial charge in [-0.1, -0.05) is 18.6 Å². The lowest BCUT2D eigenvalue weighted by molar-refractivity contribution is -0.121. The Labute approximate surface area is 195 Å². The molecule has 1 aliphatic rings. The quantitative estimate of drug-likeness (QED) is 0.566. The average Bonchev–Trinajstić information content (AvgIpc) is 2.86. The largest absolute Gasteiger partial charge is 0.493 e. The van der Waals surface area contributed by atoms with Crippen LogP contribution in [0.5, 0.6) is 17.2 Å². The van der Waals surface area contributed by atoms with Gasteiger partial charge in [0.15, 0.2) is 11.5 Å². The molecule has 2 aromatic carbocycles. The summed E-state index contributed by atoms with van der Waals surface area (Å²) in [6, 6.07) is 10.4.